The Morgan fingerprint density at radius 1 is 1.18 bits per heavy atom. The van der Waals surface area contributed by atoms with Crippen molar-refractivity contribution < 1.29 is 4.39 Å². The predicted molar refractivity (Wildman–Crippen MR) is 68.0 cm³/mol. The number of benzene rings is 1. The van der Waals surface area contributed by atoms with Crippen LogP contribution in [0.2, 0.25) is 10.0 Å². The Morgan fingerprint density at radius 2 is 2.00 bits per heavy atom. The van der Waals surface area contributed by atoms with E-state index in [-0.39, 0.29) is 5.82 Å². The van der Waals surface area contributed by atoms with Gasteiger partial charge in [-0.1, -0.05) is 23.2 Å². The second-order valence-electron chi connectivity index (χ2n) is 3.44. The number of pyridine rings is 1. The van der Waals surface area contributed by atoms with Gasteiger partial charge in [-0.2, -0.15) is 0 Å². The van der Waals surface area contributed by atoms with Gasteiger partial charge in [0.2, 0.25) is 0 Å². The van der Waals surface area contributed by atoms with Crippen molar-refractivity contribution in [2.24, 2.45) is 0 Å². The Morgan fingerprint density at radius 3 is 2.71 bits per heavy atom. The molecule has 1 aromatic carbocycles. The van der Waals surface area contributed by atoms with Crippen LogP contribution in [0.25, 0.3) is 0 Å². The first-order valence-corrected chi connectivity index (χ1v) is 5.70. The van der Waals surface area contributed by atoms with Crippen molar-refractivity contribution >= 4 is 28.9 Å². The maximum Gasteiger partial charge on any atom is 0.124 e. The van der Waals surface area contributed by atoms with Gasteiger partial charge in [0.25, 0.3) is 0 Å². The van der Waals surface area contributed by atoms with Gasteiger partial charge in [0, 0.05) is 18.9 Å². The molecular weight excluding hydrogens is 262 g/mol. The van der Waals surface area contributed by atoms with Crippen molar-refractivity contribution in [2.75, 3.05) is 5.32 Å². The van der Waals surface area contributed by atoms with Crippen molar-refractivity contribution in [2.45, 2.75) is 6.54 Å². The summed E-state index contributed by atoms with van der Waals surface area (Å²) in [6, 6.07) is 6.01. The van der Waals surface area contributed by atoms with Crippen molar-refractivity contribution in [3.8, 4) is 0 Å². The molecule has 2 rings (SSSR count). The van der Waals surface area contributed by atoms with Crippen LogP contribution in [-0.2, 0) is 6.54 Å². The highest BCUT2D eigenvalue weighted by molar-refractivity contribution is 6.33. The number of nitrogens with zero attached hydrogens (tertiary/aromatic N) is 1. The minimum Gasteiger partial charge on any atom is -0.380 e. The Hall–Kier alpha value is -1.32. The average molecular weight is 271 g/mol. The summed E-state index contributed by atoms with van der Waals surface area (Å²) in [6.45, 7) is 0.507. The lowest BCUT2D eigenvalue weighted by atomic mass is 10.2. The first-order valence-electron chi connectivity index (χ1n) is 4.94. The van der Waals surface area contributed by atoms with E-state index in [1.807, 2.05) is 6.07 Å². The van der Waals surface area contributed by atoms with Crippen molar-refractivity contribution in [1.82, 2.24) is 4.98 Å². The highest BCUT2D eigenvalue weighted by atomic mass is 35.5. The van der Waals surface area contributed by atoms with E-state index >= 15 is 0 Å². The summed E-state index contributed by atoms with van der Waals surface area (Å²) in [5.74, 6) is -0.359. The number of anilines is 1. The highest BCUT2D eigenvalue weighted by Gasteiger charge is 2.03. The summed E-state index contributed by atoms with van der Waals surface area (Å²) in [5, 5.41) is 4.01. The first-order chi connectivity index (χ1) is 8.16. The van der Waals surface area contributed by atoms with Crippen molar-refractivity contribution in [3.05, 3.63) is 58.1 Å². The van der Waals surface area contributed by atoms with Gasteiger partial charge in [0.05, 0.1) is 15.7 Å². The van der Waals surface area contributed by atoms with Gasteiger partial charge in [0.1, 0.15) is 5.82 Å². The van der Waals surface area contributed by atoms with Crippen LogP contribution in [-0.4, -0.2) is 4.98 Å². The van der Waals surface area contributed by atoms with Crippen LogP contribution >= 0.6 is 23.2 Å². The van der Waals surface area contributed by atoms with Crippen LogP contribution < -0.4 is 5.32 Å². The van der Waals surface area contributed by atoms with E-state index in [0.717, 1.165) is 5.56 Å². The van der Waals surface area contributed by atoms with E-state index < -0.39 is 0 Å². The molecule has 2 nitrogen and oxygen atoms in total. The second-order valence-corrected chi connectivity index (χ2v) is 4.26. The van der Waals surface area contributed by atoms with Crippen LogP contribution in [0.4, 0.5) is 10.1 Å². The van der Waals surface area contributed by atoms with Gasteiger partial charge < -0.3 is 5.32 Å². The number of aromatic nitrogens is 1. The fourth-order valence-corrected chi connectivity index (χ4v) is 1.79. The zero-order valence-corrected chi connectivity index (χ0v) is 10.3. The summed E-state index contributed by atoms with van der Waals surface area (Å²) in [5.41, 5.74) is 1.57. The molecule has 0 aliphatic heterocycles. The van der Waals surface area contributed by atoms with Crippen LogP contribution in [0.5, 0.6) is 0 Å². The smallest absolute Gasteiger partial charge is 0.124 e. The normalized spacial score (nSPS) is 10.3. The molecule has 0 unspecified atom stereocenters. The molecule has 0 saturated carbocycles. The molecule has 1 aromatic heterocycles. The van der Waals surface area contributed by atoms with E-state index in [9.17, 15) is 4.39 Å². The lowest BCUT2D eigenvalue weighted by Crippen LogP contribution is -2.01. The number of rotatable bonds is 3. The summed E-state index contributed by atoms with van der Waals surface area (Å²) < 4.78 is 12.8. The zero-order chi connectivity index (χ0) is 12.3. The molecular formula is C12H9Cl2FN2. The molecule has 1 N–H and O–H groups in total. The standard InChI is InChI=1S/C12H9Cl2FN2/c13-10-5-9(15)1-2-12(10)17-6-8-3-4-16-7-11(8)14/h1-5,7,17H,6H2. The third-order valence-corrected chi connectivity index (χ3v) is 2.91. The lowest BCUT2D eigenvalue weighted by molar-refractivity contribution is 0.628. The molecule has 2 aromatic rings. The monoisotopic (exact) mass is 270 g/mol. The Kier molecular flexibility index (Phi) is 3.82. The van der Waals surface area contributed by atoms with Crippen molar-refractivity contribution in [3.63, 3.8) is 0 Å². The molecule has 0 amide bonds. The van der Waals surface area contributed by atoms with E-state index in [1.165, 1.54) is 12.1 Å². The van der Waals surface area contributed by atoms with Crippen LogP contribution in [0.1, 0.15) is 5.56 Å². The summed E-state index contributed by atoms with van der Waals surface area (Å²) in [7, 11) is 0. The molecule has 0 aliphatic carbocycles. The number of halogens is 3. The minimum absolute atomic E-state index is 0.343. The molecule has 0 saturated heterocycles. The molecule has 0 aliphatic rings. The van der Waals surface area contributed by atoms with E-state index in [2.05, 4.69) is 10.3 Å². The third kappa shape index (κ3) is 3.08. The maximum atomic E-state index is 12.8. The second kappa shape index (κ2) is 5.34. The first kappa shape index (κ1) is 12.1. The van der Waals surface area contributed by atoms with Crippen LogP contribution in [0.3, 0.4) is 0 Å². The molecule has 0 bridgehead atoms. The molecule has 0 fully saturated rings. The van der Waals surface area contributed by atoms with E-state index in [4.69, 9.17) is 23.2 Å². The Labute approximate surface area is 108 Å². The Balaban J connectivity index is 2.10. The molecule has 0 spiro atoms. The highest BCUT2D eigenvalue weighted by Crippen LogP contribution is 2.23. The predicted octanol–water partition coefficient (Wildman–Crippen LogP) is 4.14. The largest absolute Gasteiger partial charge is 0.380 e. The molecule has 1 heterocycles. The van der Waals surface area contributed by atoms with Gasteiger partial charge in [-0.05, 0) is 29.8 Å². The van der Waals surface area contributed by atoms with Gasteiger partial charge in [0.15, 0.2) is 0 Å². The topological polar surface area (TPSA) is 24.9 Å². The SMILES string of the molecule is Fc1ccc(NCc2ccncc2Cl)c(Cl)c1. The third-order valence-electron chi connectivity index (χ3n) is 2.26. The summed E-state index contributed by atoms with van der Waals surface area (Å²) >= 11 is 11.8. The molecule has 5 heteroatoms. The lowest BCUT2D eigenvalue weighted by Gasteiger charge is -2.09. The summed E-state index contributed by atoms with van der Waals surface area (Å²) in [4.78, 5) is 3.89. The quantitative estimate of drug-likeness (QED) is 0.907. The minimum atomic E-state index is -0.359. The van der Waals surface area contributed by atoms with Crippen molar-refractivity contribution in [1.29, 1.82) is 0 Å². The molecule has 0 radical (unpaired) electrons. The van der Waals surface area contributed by atoms with Gasteiger partial charge >= 0.3 is 0 Å². The van der Waals surface area contributed by atoms with Crippen LogP contribution in [0.15, 0.2) is 36.7 Å². The fourth-order valence-electron chi connectivity index (χ4n) is 1.37. The van der Waals surface area contributed by atoms with Gasteiger partial charge in [-0.15, -0.1) is 0 Å². The van der Waals surface area contributed by atoms with Crippen LogP contribution in [0, 0.1) is 5.82 Å². The zero-order valence-electron chi connectivity index (χ0n) is 8.75. The average Bonchev–Trinajstić information content (AvgIpc) is 2.30. The van der Waals surface area contributed by atoms with Gasteiger partial charge in [-0.25, -0.2) is 4.39 Å². The van der Waals surface area contributed by atoms with E-state index in [1.54, 1.807) is 18.5 Å². The van der Waals surface area contributed by atoms with Gasteiger partial charge in [-0.3, -0.25) is 4.98 Å². The maximum absolute atomic E-state index is 12.8. The number of nitrogens with one attached hydrogen (secondary N) is 1. The molecule has 88 valence electrons. The Bertz CT molecular complexity index is 532. The molecule has 17 heavy (non-hydrogen) atoms. The molecule has 0 atom stereocenters. The fraction of sp³-hybridized carbons (Fsp3) is 0.0833. The number of hydrogen-bond acceptors (Lipinski definition) is 2. The summed E-state index contributed by atoms with van der Waals surface area (Å²) in [6.07, 6.45) is 3.24. The number of hydrogen-bond donors (Lipinski definition) is 1. The van der Waals surface area contributed by atoms with E-state index in [0.29, 0.717) is 22.3 Å².